The standard InChI is InChI=1S/C12H12O3/c1-2-15-10-7-8-5-3-4-6-9(8)11(13)12(10)14/h3-7,13-14H,2H2,1H3. The van der Waals surface area contributed by atoms with Gasteiger partial charge in [-0.3, -0.25) is 0 Å². The molecule has 2 rings (SSSR count). The van der Waals surface area contributed by atoms with E-state index in [1.165, 1.54) is 0 Å². The highest BCUT2D eigenvalue weighted by Gasteiger charge is 2.11. The number of aromatic hydroxyl groups is 2. The molecule has 0 aliphatic heterocycles. The molecule has 3 nitrogen and oxygen atoms in total. The van der Waals surface area contributed by atoms with Crippen LogP contribution in [0, 0.1) is 0 Å². The molecular formula is C12H12O3. The van der Waals surface area contributed by atoms with Crippen molar-refractivity contribution in [3.05, 3.63) is 30.3 Å². The van der Waals surface area contributed by atoms with Crippen LogP contribution in [0.15, 0.2) is 30.3 Å². The molecule has 0 aliphatic carbocycles. The molecule has 0 unspecified atom stereocenters. The van der Waals surface area contributed by atoms with Gasteiger partial charge in [-0.05, 0) is 18.4 Å². The smallest absolute Gasteiger partial charge is 0.201 e. The summed E-state index contributed by atoms with van der Waals surface area (Å²) in [5.74, 6) is -0.0131. The summed E-state index contributed by atoms with van der Waals surface area (Å²) in [7, 11) is 0. The van der Waals surface area contributed by atoms with E-state index in [0.29, 0.717) is 17.7 Å². The molecule has 0 aliphatic rings. The fourth-order valence-electron chi connectivity index (χ4n) is 1.56. The van der Waals surface area contributed by atoms with Gasteiger partial charge in [-0.25, -0.2) is 0 Å². The van der Waals surface area contributed by atoms with E-state index >= 15 is 0 Å². The topological polar surface area (TPSA) is 49.7 Å². The van der Waals surface area contributed by atoms with Gasteiger partial charge in [-0.1, -0.05) is 24.3 Å². The van der Waals surface area contributed by atoms with Crippen molar-refractivity contribution in [2.24, 2.45) is 0 Å². The molecule has 0 saturated carbocycles. The third-order valence-electron chi connectivity index (χ3n) is 2.26. The molecule has 0 saturated heterocycles. The average molecular weight is 204 g/mol. The lowest BCUT2D eigenvalue weighted by atomic mass is 10.1. The third-order valence-corrected chi connectivity index (χ3v) is 2.26. The van der Waals surface area contributed by atoms with Crippen molar-refractivity contribution in [1.82, 2.24) is 0 Å². The van der Waals surface area contributed by atoms with Crippen LogP contribution in [-0.4, -0.2) is 16.8 Å². The second-order valence-corrected chi connectivity index (χ2v) is 3.23. The number of phenolic OH excluding ortho intramolecular Hbond substituents is 2. The maximum absolute atomic E-state index is 9.74. The molecule has 3 heteroatoms. The molecule has 78 valence electrons. The zero-order valence-corrected chi connectivity index (χ0v) is 8.40. The van der Waals surface area contributed by atoms with E-state index in [0.717, 1.165) is 5.39 Å². The van der Waals surface area contributed by atoms with Crippen molar-refractivity contribution in [3.8, 4) is 17.2 Å². The summed E-state index contributed by atoms with van der Waals surface area (Å²) >= 11 is 0. The van der Waals surface area contributed by atoms with Crippen LogP contribution in [0.2, 0.25) is 0 Å². The highest BCUT2D eigenvalue weighted by molar-refractivity contribution is 5.92. The highest BCUT2D eigenvalue weighted by Crippen LogP contribution is 2.41. The Labute approximate surface area is 87.5 Å². The maximum atomic E-state index is 9.74. The van der Waals surface area contributed by atoms with Gasteiger partial charge in [0.25, 0.3) is 0 Å². The van der Waals surface area contributed by atoms with Gasteiger partial charge < -0.3 is 14.9 Å². The first-order valence-electron chi connectivity index (χ1n) is 4.80. The summed E-state index contributed by atoms with van der Waals surface area (Å²) in [6.07, 6.45) is 0. The molecule has 2 aromatic rings. The minimum Gasteiger partial charge on any atom is -0.504 e. The lowest BCUT2D eigenvalue weighted by Gasteiger charge is -2.09. The Bertz CT molecular complexity index is 491. The summed E-state index contributed by atoms with van der Waals surface area (Å²) < 4.78 is 5.22. The summed E-state index contributed by atoms with van der Waals surface area (Å²) in [5, 5.41) is 20.9. The van der Waals surface area contributed by atoms with Gasteiger partial charge >= 0.3 is 0 Å². The molecule has 2 aromatic carbocycles. The van der Waals surface area contributed by atoms with E-state index in [4.69, 9.17) is 4.74 Å². The quantitative estimate of drug-likeness (QED) is 0.739. The average Bonchev–Trinajstić information content (AvgIpc) is 2.26. The normalized spacial score (nSPS) is 10.5. The van der Waals surface area contributed by atoms with Crippen LogP contribution < -0.4 is 4.74 Å². The van der Waals surface area contributed by atoms with Gasteiger partial charge in [0, 0.05) is 5.39 Å². The summed E-state index contributed by atoms with van der Waals surface area (Å²) in [4.78, 5) is 0. The first kappa shape index (κ1) is 9.65. The molecule has 2 N–H and O–H groups in total. The fraction of sp³-hybridized carbons (Fsp3) is 0.167. The lowest BCUT2D eigenvalue weighted by molar-refractivity contribution is 0.310. The van der Waals surface area contributed by atoms with Crippen LogP contribution >= 0.6 is 0 Å². The molecular weight excluding hydrogens is 192 g/mol. The SMILES string of the molecule is CCOc1cc2ccccc2c(O)c1O. The van der Waals surface area contributed by atoms with E-state index in [1.54, 1.807) is 12.1 Å². The fourth-order valence-corrected chi connectivity index (χ4v) is 1.56. The largest absolute Gasteiger partial charge is 0.504 e. The van der Waals surface area contributed by atoms with Gasteiger partial charge in [-0.15, -0.1) is 0 Å². The molecule has 15 heavy (non-hydrogen) atoms. The van der Waals surface area contributed by atoms with Crippen LogP contribution in [0.1, 0.15) is 6.92 Å². The predicted octanol–water partition coefficient (Wildman–Crippen LogP) is 2.65. The van der Waals surface area contributed by atoms with E-state index in [2.05, 4.69) is 0 Å². The molecule has 0 aromatic heterocycles. The zero-order chi connectivity index (χ0) is 10.8. The number of hydrogen-bond acceptors (Lipinski definition) is 3. The van der Waals surface area contributed by atoms with Crippen LogP contribution in [0.5, 0.6) is 17.2 Å². The molecule has 0 bridgehead atoms. The number of benzene rings is 2. The van der Waals surface area contributed by atoms with E-state index in [-0.39, 0.29) is 11.5 Å². The maximum Gasteiger partial charge on any atom is 0.201 e. The molecule has 0 heterocycles. The predicted molar refractivity (Wildman–Crippen MR) is 58.4 cm³/mol. The lowest BCUT2D eigenvalue weighted by Crippen LogP contribution is -1.92. The number of hydrogen-bond donors (Lipinski definition) is 2. The Morgan fingerprint density at radius 1 is 1.13 bits per heavy atom. The van der Waals surface area contributed by atoms with Crippen molar-refractivity contribution in [2.75, 3.05) is 6.61 Å². The molecule has 0 radical (unpaired) electrons. The van der Waals surface area contributed by atoms with E-state index in [1.807, 2.05) is 25.1 Å². The Morgan fingerprint density at radius 2 is 1.87 bits per heavy atom. The second-order valence-electron chi connectivity index (χ2n) is 3.23. The summed E-state index contributed by atoms with van der Waals surface area (Å²) in [5.41, 5.74) is 0. The van der Waals surface area contributed by atoms with Gasteiger partial charge in [0.05, 0.1) is 6.61 Å². The van der Waals surface area contributed by atoms with Crippen molar-refractivity contribution in [3.63, 3.8) is 0 Å². The first-order chi connectivity index (χ1) is 7.24. The number of ether oxygens (including phenoxy) is 1. The van der Waals surface area contributed by atoms with Crippen LogP contribution in [0.25, 0.3) is 10.8 Å². The van der Waals surface area contributed by atoms with E-state index < -0.39 is 0 Å². The Hall–Kier alpha value is -1.90. The minimum atomic E-state index is -0.199. The van der Waals surface area contributed by atoms with Crippen LogP contribution in [0.4, 0.5) is 0 Å². The van der Waals surface area contributed by atoms with Crippen molar-refractivity contribution in [2.45, 2.75) is 6.92 Å². The summed E-state index contributed by atoms with van der Waals surface area (Å²) in [6.45, 7) is 2.27. The third kappa shape index (κ3) is 1.56. The molecule has 0 amide bonds. The monoisotopic (exact) mass is 204 g/mol. The number of rotatable bonds is 2. The highest BCUT2D eigenvalue weighted by atomic mass is 16.5. The van der Waals surface area contributed by atoms with Gasteiger partial charge in [0.1, 0.15) is 0 Å². The van der Waals surface area contributed by atoms with Gasteiger partial charge in [-0.2, -0.15) is 0 Å². The van der Waals surface area contributed by atoms with Crippen LogP contribution in [0.3, 0.4) is 0 Å². The van der Waals surface area contributed by atoms with Gasteiger partial charge in [0.15, 0.2) is 11.5 Å². The zero-order valence-electron chi connectivity index (χ0n) is 8.40. The van der Waals surface area contributed by atoms with Crippen molar-refractivity contribution in [1.29, 1.82) is 0 Å². The number of phenols is 2. The first-order valence-corrected chi connectivity index (χ1v) is 4.80. The van der Waals surface area contributed by atoms with Crippen molar-refractivity contribution < 1.29 is 14.9 Å². The van der Waals surface area contributed by atoms with Crippen molar-refractivity contribution >= 4 is 10.8 Å². The summed E-state index contributed by atoms with van der Waals surface area (Å²) in [6, 6.07) is 9.00. The molecule has 0 spiro atoms. The Kier molecular flexibility index (Phi) is 2.37. The Morgan fingerprint density at radius 3 is 2.60 bits per heavy atom. The Balaban J connectivity index is 2.71. The van der Waals surface area contributed by atoms with E-state index in [9.17, 15) is 10.2 Å². The van der Waals surface area contributed by atoms with Gasteiger partial charge in [0.2, 0.25) is 5.75 Å². The molecule has 0 atom stereocenters. The molecule has 0 fully saturated rings. The number of fused-ring (bicyclic) bond motifs is 1. The minimum absolute atomic E-state index is 0.128. The van der Waals surface area contributed by atoms with Crippen LogP contribution in [-0.2, 0) is 0 Å². The second kappa shape index (κ2) is 3.69.